The van der Waals surface area contributed by atoms with E-state index in [2.05, 4.69) is 50.1 Å². The maximum Gasteiger partial charge on any atom is 0.169 e. The summed E-state index contributed by atoms with van der Waals surface area (Å²) in [7, 11) is 0. The molecule has 1 aromatic heterocycles. The van der Waals surface area contributed by atoms with Crippen LogP contribution in [0.2, 0.25) is 0 Å². The van der Waals surface area contributed by atoms with Crippen LogP contribution in [0.4, 0.5) is 5.82 Å². The van der Waals surface area contributed by atoms with Crippen molar-refractivity contribution in [3.8, 4) is 5.75 Å². The number of anilines is 1. The van der Waals surface area contributed by atoms with Gasteiger partial charge in [0.25, 0.3) is 0 Å². The molecule has 21 heavy (non-hydrogen) atoms. The molecule has 112 valence electrons. The quantitative estimate of drug-likeness (QED) is 0.921. The van der Waals surface area contributed by atoms with Gasteiger partial charge in [-0.1, -0.05) is 43.7 Å². The van der Waals surface area contributed by atoms with Crippen LogP contribution in [0.5, 0.6) is 5.75 Å². The Labute approximate surface area is 125 Å². The first kappa shape index (κ1) is 13.9. The lowest BCUT2D eigenvalue weighted by molar-refractivity contribution is 0.198. The standard InChI is InChI=1S/C16H22N4O/c1-10-5-6-13-11(7-10)8-12(21-13)9-20-14(16(2,3)4)15(17)18-19-20/h5-7,12H,8-9,17H2,1-4H3. The molecule has 0 radical (unpaired) electrons. The van der Waals surface area contributed by atoms with Gasteiger partial charge in [-0.3, -0.25) is 0 Å². The number of hydrogen-bond donors (Lipinski definition) is 1. The highest BCUT2D eigenvalue weighted by Gasteiger charge is 2.28. The monoisotopic (exact) mass is 286 g/mol. The minimum absolute atomic E-state index is 0.0870. The first-order valence-electron chi connectivity index (χ1n) is 7.30. The molecule has 5 heteroatoms. The molecule has 3 rings (SSSR count). The van der Waals surface area contributed by atoms with E-state index < -0.39 is 0 Å². The van der Waals surface area contributed by atoms with Crippen molar-refractivity contribution in [1.29, 1.82) is 0 Å². The molecule has 0 aliphatic carbocycles. The number of nitrogen functional groups attached to an aromatic ring is 1. The summed E-state index contributed by atoms with van der Waals surface area (Å²) in [5.41, 5.74) is 9.38. The summed E-state index contributed by atoms with van der Waals surface area (Å²) in [6.07, 6.45) is 0.990. The zero-order valence-electron chi connectivity index (χ0n) is 13.1. The normalized spacial score (nSPS) is 17.6. The van der Waals surface area contributed by atoms with Gasteiger partial charge >= 0.3 is 0 Å². The van der Waals surface area contributed by atoms with Crippen LogP contribution in [-0.2, 0) is 18.4 Å². The van der Waals surface area contributed by atoms with E-state index >= 15 is 0 Å². The summed E-state index contributed by atoms with van der Waals surface area (Å²) < 4.78 is 7.90. The summed E-state index contributed by atoms with van der Waals surface area (Å²) in [4.78, 5) is 0. The van der Waals surface area contributed by atoms with E-state index in [1.165, 1.54) is 11.1 Å². The molecule has 1 atom stereocenters. The maximum absolute atomic E-state index is 6.01. The summed E-state index contributed by atoms with van der Waals surface area (Å²) in [6.45, 7) is 9.12. The third-order valence-corrected chi connectivity index (χ3v) is 3.81. The van der Waals surface area contributed by atoms with E-state index in [4.69, 9.17) is 10.5 Å². The van der Waals surface area contributed by atoms with E-state index in [0.717, 1.165) is 17.9 Å². The van der Waals surface area contributed by atoms with E-state index in [1.807, 2.05) is 10.7 Å². The van der Waals surface area contributed by atoms with Crippen LogP contribution in [0.25, 0.3) is 0 Å². The second kappa shape index (κ2) is 4.76. The molecular formula is C16H22N4O. The Hall–Kier alpha value is -2.04. The minimum Gasteiger partial charge on any atom is -0.488 e. The van der Waals surface area contributed by atoms with Crippen LogP contribution in [0, 0.1) is 6.92 Å². The van der Waals surface area contributed by atoms with Crippen LogP contribution in [0.1, 0.15) is 37.6 Å². The third-order valence-electron chi connectivity index (χ3n) is 3.81. The fraction of sp³-hybridized carbons (Fsp3) is 0.500. The van der Waals surface area contributed by atoms with Gasteiger partial charge in [0.05, 0.1) is 12.2 Å². The zero-order chi connectivity index (χ0) is 15.2. The lowest BCUT2D eigenvalue weighted by atomic mass is 9.91. The Morgan fingerprint density at radius 2 is 2.14 bits per heavy atom. The van der Waals surface area contributed by atoms with Crippen molar-refractivity contribution in [3.05, 3.63) is 35.0 Å². The third kappa shape index (κ3) is 2.60. The number of aryl methyl sites for hydroxylation is 1. The second-order valence-corrected chi connectivity index (χ2v) is 6.81. The highest BCUT2D eigenvalue weighted by Crippen LogP contribution is 2.31. The maximum atomic E-state index is 6.01. The molecule has 2 heterocycles. The molecule has 1 aromatic carbocycles. The van der Waals surface area contributed by atoms with Crippen LogP contribution in [0.3, 0.4) is 0 Å². The highest BCUT2D eigenvalue weighted by molar-refractivity contribution is 5.41. The summed E-state index contributed by atoms with van der Waals surface area (Å²) in [6, 6.07) is 6.32. The molecule has 1 unspecified atom stereocenters. The number of rotatable bonds is 2. The van der Waals surface area contributed by atoms with Crippen molar-refractivity contribution in [3.63, 3.8) is 0 Å². The summed E-state index contributed by atoms with van der Waals surface area (Å²) in [5.74, 6) is 1.49. The van der Waals surface area contributed by atoms with Crippen LogP contribution >= 0.6 is 0 Å². The largest absolute Gasteiger partial charge is 0.488 e. The van der Waals surface area contributed by atoms with Gasteiger partial charge in [0.15, 0.2) is 5.82 Å². The molecule has 1 aliphatic rings. The highest BCUT2D eigenvalue weighted by atomic mass is 16.5. The van der Waals surface area contributed by atoms with Gasteiger partial charge in [0, 0.05) is 11.8 Å². The fourth-order valence-electron chi connectivity index (χ4n) is 2.97. The molecule has 0 fully saturated rings. The molecule has 0 spiro atoms. The molecule has 0 amide bonds. The Bertz CT molecular complexity index is 669. The number of fused-ring (bicyclic) bond motifs is 1. The average molecular weight is 286 g/mol. The molecule has 2 N–H and O–H groups in total. The molecule has 1 aliphatic heterocycles. The predicted octanol–water partition coefficient (Wildman–Crippen LogP) is 2.47. The topological polar surface area (TPSA) is 66.0 Å². The Morgan fingerprint density at radius 3 is 2.86 bits per heavy atom. The van der Waals surface area contributed by atoms with Crippen LogP contribution < -0.4 is 10.5 Å². The number of ether oxygens (including phenoxy) is 1. The molecule has 5 nitrogen and oxygen atoms in total. The van der Waals surface area contributed by atoms with E-state index in [0.29, 0.717) is 12.4 Å². The van der Waals surface area contributed by atoms with Gasteiger partial charge in [-0.05, 0) is 18.6 Å². The Morgan fingerprint density at radius 1 is 1.38 bits per heavy atom. The number of benzene rings is 1. The lowest BCUT2D eigenvalue weighted by Gasteiger charge is -2.21. The van der Waals surface area contributed by atoms with Crippen molar-refractivity contribution in [2.24, 2.45) is 0 Å². The van der Waals surface area contributed by atoms with Gasteiger partial charge in [0.2, 0.25) is 0 Å². The molecule has 0 bridgehead atoms. The molecular weight excluding hydrogens is 264 g/mol. The summed E-state index contributed by atoms with van der Waals surface area (Å²) >= 11 is 0. The fourth-order valence-corrected chi connectivity index (χ4v) is 2.97. The van der Waals surface area contributed by atoms with Gasteiger partial charge in [-0.2, -0.15) is 0 Å². The molecule has 0 saturated carbocycles. The van der Waals surface area contributed by atoms with Gasteiger partial charge in [-0.25, -0.2) is 4.68 Å². The van der Waals surface area contributed by atoms with Crippen LogP contribution in [0.15, 0.2) is 18.2 Å². The van der Waals surface area contributed by atoms with E-state index in [-0.39, 0.29) is 11.5 Å². The Balaban J connectivity index is 1.81. The van der Waals surface area contributed by atoms with Crippen molar-refractivity contribution < 1.29 is 4.74 Å². The minimum atomic E-state index is -0.0877. The van der Waals surface area contributed by atoms with Gasteiger partial charge in [-0.15, -0.1) is 5.10 Å². The first-order valence-corrected chi connectivity index (χ1v) is 7.30. The van der Waals surface area contributed by atoms with Gasteiger partial charge in [0.1, 0.15) is 11.9 Å². The van der Waals surface area contributed by atoms with Crippen molar-refractivity contribution >= 4 is 5.82 Å². The number of hydrogen-bond acceptors (Lipinski definition) is 4. The van der Waals surface area contributed by atoms with Crippen molar-refractivity contribution in [1.82, 2.24) is 15.0 Å². The number of nitrogens with zero attached hydrogens (tertiary/aromatic N) is 3. The smallest absolute Gasteiger partial charge is 0.169 e. The van der Waals surface area contributed by atoms with Crippen molar-refractivity contribution in [2.75, 3.05) is 5.73 Å². The van der Waals surface area contributed by atoms with Gasteiger partial charge < -0.3 is 10.5 Å². The van der Waals surface area contributed by atoms with Crippen LogP contribution in [-0.4, -0.2) is 21.1 Å². The summed E-state index contributed by atoms with van der Waals surface area (Å²) in [5, 5.41) is 8.21. The Kier molecular flexibility index (Phi) is 3.15. The van der Waals surface area contributed by atoms with Crippen molar-refractivity contribution in [2.45, 2.75) is 52.2 Å². The number of nitrogens with two attached hydrogens (primary N) is 1. The lowest BCUT2D eigenvalue weighted by Crippen LogP contribution is -2.27. The van der Waals surface area contributed by atoms with E-state index in [1.54, 1.807) is 0 Å². The molecule has 0 saturated heterocycles. The predicted molar refractivity (Wildman–Crippen MR) is 82.4 cm³/mol. The molecule has 2 aromatic rings. The first-order chi connectivity index (χ1) is 9.84. The zero-order valence-corrected chi connectivity index (χ0v) is 13.1. The average Bonchev–Trinajstić information content (AvgIpc) is 2.91. The number of aromatic nitrogens is 3. The SMILES string of the molecule is Cc1ccc2c(c1)CC(Cn1nnc(N)c1C(C)(C)C)O2. The van der Waals surface area contributed by atoms with E-state index in [9.17, 15) is 0 Å². The second-order valence-electron chi connectivity index (χ2n) is 6.81.